The van der Waals surface area contributed by atoms with Crippen LogP contribution in [0, 0.1) is 6.92 Å². The van der Waals surface area contributed by atoms with E-state index in [2.05, 4.69) is 5.32 Å². The molecule has 1 unspecified atom stereocenters. The molecule has 1 N–H and O–H groups in total. The summed E-state index contributed by atoms with van der Waals surface area (Å²) in [6.45, 7) is 4.42. The minimum Gasteiger partial charge on any atom is -0.487 e. The smallest absolute Gasteiger partial charge is 0.326 e. The molecule has 2 aromatic carbocycles. The van der Waals surface area contributed by atoms with Gasteiger partial charge < -0.3 is 10.1 Å². The van der Waals surface area contributed by atoms with Gasteiger partial charge in [0.05, 0.1) is 12.2 Å². The van der Waals surface area contributed by atoms with Crippen LogP contribution in [0.5, 0.6) is 5.75 Å². The second-order valence-corrected chi connectivity index (χ2v) is 5.88. The van der Waals surface area contributed by atoms with Gasteiger partial charge in [0.15, 0.2) is 0 Å². The fourth-order valence-corrected chi connectivity index (χ4v) is 2.60. The summed E-state index contributed by atoms with van der Waals surface area (Å²) in [5, 5.41) is 3.48. The van der Waals surface area contributed by atoms with Crippen molar-refractivity contribution < 1.29 is 9.53 Å². The zero-order valence-corrected chi connectivity index (χ0v) is 13.2. The quantitative estimate of drug-likeness (QED) is 0.843. The van der Waals surface area contributed by atoms with Gasteiger partial charge in [0, 0.05) is 10.7 Å². The molecule has 3 rings (SSSR count). The van der Waals surface area contributed by atoms with Crippen molar-refractivity contribution in [3.8, 4) is 5.75 Å². The molecular weight excluding hydrogens is 300 g/mol. The Labute approximate surface area is 134 Å². The van der Waals surface area contributed by atoms with E-state index in [9.17, 15) is 4.79 Å². The average Bonchev–Trinajstić information content (AvgIpc) is 2.49. The Balaban J connectivity index is 1.86. The fraction of sp³-hybridized carbons (Fsp3) is 0.235. The Bertz CT molecular complexity index is 700. The first kappa shape index (κ1) is 14.7. The number of amides is 2. The number of nitrogens with zero attached hydrogens (tertiary/aromatic N) is 1. The molecule has 0 saturated heterocycles. The van der Waals surface area contributed by atoms with Crippen LogP contribution in [-0.2, 0) is 0 Å². The topological polar surface area (TPSA) is 41.6 Å². The van der Waals surface area contributed by atoms with Crippen LogP contribution in [0.4, 0.5) is 16.2 Å². The zero-order valence-electron chi connectivity index (χ0n) is 12.5. The van der Waals surface area contributed by atoms with Gasteiger partial charge >= 0.3 is 6.03 Å². The maximum atomic E-state index is 12.6. The summed E-state index contributed by atoms with van der Waals surface area (Å²) in [6.07, 6.45) is -0.0718. The highest BCUT2D eigenvalue weighted by atomic mass is 35.5. The number of fused-ring (bicyclic) bond motifs is 1. The van der Waals surface area contributed by atoms with Crippen molar-refractivity contribution in [1.29, 1.82) is 0 Å². The van der Waals surface area contributed by atoms with Gasteiger partial charge in [-0.3, -0.25) is 4.90 Å². The highest BCUT2D eigenvalue weighted by Gasteiger charge is 2.27. The molecule has 0 fully saturated rings. The van der Waals surface area contributed by atoms with E-state index in [1.165, 1.54) is 0 Å². The summed E-state index contributed by atoms with van der Waals surface area (Å²) in [5.74, 6) is 0.669. The molecule has 0 aliphatic carbocycles. The summed E-state index contributed by atoms with van der Waals surface area (Å²) in [4.78, 5) is 14.3. The molecule has 4 nitrogen and oxygen atoms in total. The molecule has 0 bridgehead atoms. The lowest BCUT2D eigenvalue weighted by atomic mass is 10.2. The van der Waals surface area contributed by atoms with E-state index in [-0.39, 0.29) is 12.1 Å². The molecule has 5 heteroatoms. The van der Waals surface area contributed by atoms with E-state index in [1.54, 1.807) is 23.1 Å². The molecule has 1 aliphatic heterocycles. The summed E-state index contributed by atoms with van der Waals surface area (Å²) < 4.78 is 5.75. The number of hydrogen-bond acceptors (Lipinski definition) is 2. The van der Waals surface area contributed by atoms with Crippen LogP contribution in [0.25, 0.3) is 0 Å². The molecule has 1 atom stereocenters. The Morgan fingerprint density at radius 1 is 1.27 bits per heavy atom. The third kappa shape index (κ3) is 3.02. The first-order valence-corrected chi connectivity index (χ1v) is 7.52. The summed E-state index contributed by atoms with van der Waals surface area (Å²) in [5.41, 5.74) is 2.60. The predicted molar refractivity (Wildman–Crippen MR) is 89.1 cm³/mol. The van der Waals surface area contributed by atoms with E-state index in [0.29, 0.717) is 23.0 Å². The molecule has 0 aromatic heterocycles. The number of nitrogens with one attached hydrogen (secondary N) is 1. The van der Waals surface area contributed by atoms with Crippen molar-refractivity contribution in [1.82, 2.24) is 0 Å². The number of halogens is 1. The van der Waals surface area contributed by atoms with E-state index in [0.717, 1.165) is 11.3 Å². The van der Waals surface area contributed by atoms with Crippen LogP contribution in [0.3, 0.4) is 0 Å². The Kier molecular flexibility index (Phi) is 3.94. The Morgan fingerprint density at radius 2 is 2.00 bits per heavy atom. The van der Waals surface area contributed by atoms with Crippen LogP contribution in [0.15, 0.2) is 42.5 Å². The van der Waals surface area contributed by atoms with Crippen molar-refractivity contribution in [2.45, 2.75) is 20.0 Å². The number of anilines is 2. The molecule has 2 aromatic rings. The van der Waals surface area contributed by atoms with Crippen molar-refractivity contribution in [2.75, 3.05) is 16.8 Å². The van der Waals surface area contributed by atoms with Crippen molar-refractivity contribution in [3.05, 3.63) is 53.1 Å². The fourth-order valence-electron chi connectivity index (χ4n) is 2.43. The standard InChI is InChI=1S/C17H17ClN2O2/c1-11-3-6-14(7-4-11)19-17(21)20-10-12(2)22-16-8-5-13(18)9-15(16)20/h3-9,12H,10H2,1-2H3,(H,19,21). The SMILES string of the molecule is Cc1ccc(NC(=O)N2CC(C)Oc3ccc(Cl)cc32)cc1. The summed E-state index contributed by atoms with van der Waals surface area (Å²) in [6, 6.07) is 12.8. The van der Waals surface area contributed by atoms with Gasteiger partial charge in [-0.25, -0.2) is 4.79 Å². The van der Waals surface area contributed by atoms with E-state index in [1.807, 2.05) is 38.1 Å². The van der Waals surface area contributed by atoms with E-state index < -0.39 is 0 Å². The molecule has 1 heterocycles. The van der Waals surface area contributed by atoms with Gasteiger partial charge in [-0.05, 0) is 44.2 Å². The lowest BCUT2D eigenvalue weighted by Gasteiger charge is -2.33. The lowest BCUT2D eigenvalue weighted by Crippen LogP contribution is -2.44. The van der Waals surface area contributed by atoms with Crippen LogP contribution < -0.4 is 15.0 Å². The van der Waals surface area contributed by atoms with Crippen LogP contribution in [0.2, 0.25) is 5.02 Å². The number of aryl methyl sites for hydroxylation is 1. The van der Waals surface area contributed by atoms with Crippen molar-refractivity contribution in [2.24, 2.45) is 0 Å². The van der Waals surface area contributed by atoms with Crippen molar-refractivity contribution >= 4 is 29.0 Å². The van der Waals surface area contributed by atoms with Gasteiger partial charge in [0.1, 0.15) is 11.9 Å². The zero-order chi connectivity index (χ0) is 15.7. The third-order valence-electron chi connectivity index (χ3n) is 3.53. The predicted octanol–water partition coefficient (Wildman–Crippen LogP) is 4.47. The lowest BCUT2D eigenvalue weighted by molar-refractivity contribution is 0.208. The highest BCUT2D eigenvalue weighted by Crippen LogP contribution is 2.35. The molecule has 0 spiro atoms. The maximum Gasteiger partial charge on any atom is 0.326 e. The molecule has 1 aliphatic rings. The normalized spacial score (nSPS) is 16.7. The van der Waals surface area contributed by atoms with Crippen LogP contribution in [-0.4, -0.2) is 18.7 Å². The van der Waals surface area contributed by atoms with E-state index >= 15 is 0 Å². The monoisotopic (exact) mass is 316 g/mol. The molecule has 22 heavy (non-hydrogen) atoms. The number of ether oxygens (including phenoxy) is 1. The van der Waals surface area contributed by atoms with Crippen molar-refractivity contribution in [3.63, 3.8) is 0 Å². The average molecular weight is 317 g/mol. The number of urea groups is 1. The van der Waals surface area contributed by atoms with Gasteiger partial charge in [-0.2, -0.15) is 0 Å². The summed E-state index contributed by atoms with van der Waals surface area (Å²) >= 11 is 6.05. The first-order chi connectivity index (χ1) is 10.5. The minimum atomic E-state index is -0.192. The van der Waals surface area contributed by atoms with E-state index in [4.69, 9.17) is 16.3 Å². The maximum absolute atomic E-state index is 12.6. The molecule has 0 radical (unpaired) electrons. The number of carbonyl (C=O) groups is 1. The van der Waals surface area contributed by atoms with Crippen LogP contribution in [0.1, 0.15) is 12.5 Å². The molecule has 0 saturated carbocycles. The molecular formula is C17H17ClN2O2. The number of carbonyl (C=O) groups excluding carboxylic acids is 1. The Morgan fingerprint density at radius 3 is 2.73 bits per heavy atom. The number of rotatable bonds is 1. The number of benzene rings is 2. The van der Waals surface area contributed by atoms with Gasteiger partial charge in [-0.1, -0.05) is 29.3 Å². The van der Waals surface area contributed by atoms with Gasteiger partial charge in [-0.15, -0.1) is 0 Å². The molecule has 114 valence electrons. The molecule has 2 amide bonds. The highest BCUT2D eigenvalue weighted by molar-refractivity contribution is 6.31. The van der Waals surface area contributed by atoms with Gasteiger partial charge in [0.25, 0.3) is 0 Å². The minimum absolute atomic E-state index is 0.0718. The second-order valence-electron chi connectivity index (χ2n) is 5.45. The third-order valence-corrected chi connectivity index (χ3v) is 3.76. The first-order valence-electron chi connectivity index (χ1n) is 7.14. The number of hydrogen-bond donors (Lipinski definition) is 1. The second kappa shape index (κ2) is 5.89. The van der Waals surface area contributed by atoms with Crippen LogP contribution >= 0.6 is 11.6 Å². The largest absolute Gasteiger partial charge is 0.487 e. The summed E-state index contributed by atoms with van der Waals surface area (Å²) in [7, 11) is 0. The Hall–Kier alpha value is -2.20. The van der Waals surface area contributed by atoms with Gasteiger partial charge in [0.2, 0.25) is 0 Å².